The third-order valence-electron chi connectivity index (χ3n) is 1.84. The Hall–Kier alpha value is -0.670. The first-order valence-corrected chi connectivity index (χ1v) is 5.80. The van der Waals surface area contributed by atoms with Crippen LogP contribution in [0.15, 0.2) is 35.2 Å². The fraction of sp³-hybridized carbons (Fsp3) is 0.364. The van der Waals surface area contributed by atoms with Gasteiger partial charge < -0.3 is 5.11 Å². The van der Waals surface area contributed by atoms with E-state index in [9.17, 15) is 4.79 Å². The molecule has 0 aliphatic heterocycles. The third kappa shape index (κ3) is 3.76. The zero-order valence-electron chi connectivity index (χ0n) is 8.61. The SMILES string of the molecule is CC(C)(Cl)C(Sc1ccccc1)C(=O)O. The number of carbonyl (C=O) groups is 1. The predicted molar refractivity (Wildman–Crippen MR) is 63.7 cm³/mol. The lowest BCUT2D eigenvalue weighted by Gasteiger charge is -2.23. The van der Waals surface area contributed by atoms with Crippen LogP contribution in [0.25, 0.3) is 0 Å². The summed E-state index contributed by atoms with van der Waals surface area (Å²) in [5.74, 6) is -0.885. The Morgan fingerprint density at radius 1 is 1.40 bits per heavy atom. The van der Waals surface area contributed by atoms with Crippen LogP contribution in [0.5, 0.6) is 0 Å². The summed E-state index contributed by atoms with van der Waals surface area (Å²) < 4.78 is 0. The summed E-state index contributed by atoms with van der Waals surface area (Å²) >= 11 is 7.31. The van der Waals surface area contributed by atoms with Gasteiger partial charge in [-0.05, 0) is 26.0 Å². The monoisotopic (exact) mass is 244 g/mol. The molecule has 0 saturated heterocycles. The summed E-state index contributed by atoms with van der Waals surface area (Å²) in [6, 6.07) is 9.41. The van der Waals surface area contributed by atoms with Gasteiger partial charge >= 0.3 is 5.97 Å². The van der Waals surface area contributed by atoms with Crippen molar-refractivity contribution in [2.24, 2.45) is 0 Å². The Labute approximate surface area is 98.6 Å². The van der Waals surface area contributed by atoms with Gasteiger partial charge in [0.15, 0.2) is 0 Å². The Bertz CT molecular complexity index is 332. The van der Waals surface area contributed by atoms with Crippen LogP contribution in [0.1, 0.15) is 13.8 Å². The van der Waals surface area contributed by atoms with Gasteiger partial charge in [-0.2, -0.15) is 0 Å². The largest absolute Gasteiger partial charge is 0.480 e. The van der Waals surface area contributed by atoms with Crippen molar-refractivity contribution in [3.05, 3.63) is 30.3 Å². The van der Waals surface area contributed by atoms with Crippen LogP contribution in [-0.2, 0) is 4.79 Å². The molecule has 0 heterocycles. The number of benzene rings is 1. The maximum absolute atomic E-state index is 11.0. The number of thioether (sulfide) groups is 1. The van der Waals surface area contributed by atoms with Crippen molar-refractivity contribution in [3.8, 4) is 0 Å². The summed E-state index contributed by atoms with van der Waals surface area (Å²) in [7, 11) is 0. The molecule has 0 bridgehead atoms. The molecule has 0 spiro atoms. The van der Waals surface area contributed by atoms with Crippen molar-refractivity contribution in [2.75, 3.05) is 0 Å². The highest BCUT2D eigenvalue weighted by Gasteiger charge is 2.34. The molecule has 1 rings (SSSR count). The summed E-state index contributed by atoms with van der Waals surface area (Å²) in [5.41, 5.74) is 0. The van der Waals surface area contributed by atoms with Crippen LogP contribution in [-0.4, -0.2) is 21.2 Å². The molecule has 2 nitrogen and oxygen atoms in total. The van der Waals surface area contributed by atoms with Gasteiger partial charge in [0, 0.05) is 4.90 Å². The average Bonchev–Trinajstić information content (AvgIpc) is 2.13. The van der Waals surface area contributed by atoms with E-state index in [2.05, 4.69) is 0 Å². The number of aliphatic carboxylic acids is 1. The number of hydrogen-bond donors (Lipinski definition) is 1. The van der Waals surface area contributed by atoms with Gasteiger partial charge in [0.1, 0.15) is 5.25 Å². The standard InChI is InChI=1S/C11H13ClO2S/c1-11(2,12)9(10(13)14)15-8-6-4-3-5-7-8/h3-7,9H,1-2H3,(H,13,14). The Kier molecular flexibility index (Phi) is 4.05. The van der Waals surface area contributed by atoms with Crippen LogP contribution in [0, 0.1) is 0 Å². The van der Waals surface area contributed by atoms with E-state index < -0.39 is 16.1 Å². The lowest BCUT2D eigenvalue weighted by atomic mass is 10.1. The quantitative estimate of drug-likeness (QED) is 0.653. The lowest BCUT2D eigenvalue weighted by Crippen LogP contribution is -2.34. The molecule has 0 aromatic heterocycles. The number of carboxylic acids is 1. The van der Waals surface area contributed by atoms with Gasteiger partial charge in [0.2, 0.25) is 0 Å². The minimum absolute atomic E-state index is 0.651. The van der Waals surface area contributed by atoms with E-state index in [1.807, 2.05) is 30.3 Å². The number of rotatable bonds is 4. The number of hydrogen-bond acceptors (Lipinski definition) is 2. The van der Waals surface area contributed by atoms with Crippen molar-refractivity contribution < 1.29 is 9.90 Å². The first-order valence-electron chi connectivity index (χ1n) is 4.54. The van der Waals surface area contributed by atoms with E-state index in [1.165, 1.54) is 11.8 Å². The van der Waals surface area contributed by atoms with Crippen molar-refractivity contribution in [2.45, 2.75) is 28.9 Å². The highest BCUT2D eigenvalue weighted by Crippen LogP contribution is 2.34. The second-order valence-corrected chi connectivity index (χ2v) is 5.87. The molecule has 1 unspecified atom stereocenters. The topological polar surface area (TPSA) is 37.3 Å². The van der Waals surface area contributed by atoms with Gasteiger partial charge in [-0.1, -0.05) is 18.2 Å². The normalized spacial score (nSPS) is 13.5. The molecule has 0 amide bonds. The molecule has 0 saturated carbocycles. The highest BCUT2D eigenvalue weighted by atomic mass is 35.5. The lowest BCUT2D eigenvalue weighted by molar-refractivity contribution is -0.136. The number of carboxylic acid groups (broad SMARTS) is 1. The summed E-state index contributed by atoms with van der Waals surface area (Å²) in [6.45, 7) is 3.42. The van der Waals surface area contributed by atoms with Crippen LogP contribution in [0.4, 0.5) is 0 Å². The maximum Gasteiger partial charge on any atom is 0.318 e. The first-order chi connectivity index (χ1) is 6.91. The summed E-state index contributed by atoms with van der Waals surface area (Å²) in [5, 5.41) is 8.41. The van der Waals surface area contributed by atoms with Crippen molar-refractivity contribution in [1.29, 1.82) is 0 Å². The molecule has 4 heteroatoms. The molecule has 1 aromatic carbocycles. The van der Waals surface area contributed by atoms with Gasteiger partial charge in [-0.15, -0.1) is 23.4 Å². The zero-order valence-corrected chi connectivity index (χ0v) is 10.2. The van der Waals surface area contributed by atoms with Gasteiger partial charge in [0.25, 0.3) is 0 Å². The molecule has 0 aliphatic rings. The van der Waals surface area contributed by atoms with Crippen LogP contribution < -0.4 is 0 Å². The molecule has 1 aromatic rings. The molecule has 15 heavy (non-hydrogen) atoms. The Morgan fingerprint density at radius 3 is 2.33 bits per heavy atom. The predicted octanol–water partition coefficient (Wildman–Crippen LogP) is 3.25. The highest BCUT2D eigenvalue weighted by molar-refractivity contribution is 8.00. The number of alkyl halides is 1. The Morgan fingerprint density at radius 2 is 1.93 bits per heavy atom. The molecule has 1 atom stereocenters. The third-order valence-corrected chi connectivity index (χ3v) is 3.76. The molecular formula is C11H13ClO2S. The van der Waals surface area contributed by atoms with E-state index >= 15 is 0 Å². The van der Waals surface area contributed by atoms with Gasteiger partial charge in [0.05, 0.1) is 4.87 Å². The van der Waals surface area contributed by atoms with Crippen LogP contribution >= 0.6 is 23.4 Å². The summed E-state index contributed by atoms with van der Waals surface area (Å²) in [6.07, 6.45) is 0. The van der Waals surface area contributed by atoms with Crippen LogP contribution in [0.3, 0.4) is 0 Å². The molecule has 1 N–H and O–H groups in total. The van der Waals surface area contributed by atoms with E-state index in [-0.39, 0.29) is 0 Å². The van der Waals surface area contributed by atoms with Gasteiger partial charge in [-0.3, -0.25) is 4.79 Å². The van der Waals surface area contributed by atoms with Crippen LogP contribution in [0.2, 0.25) is 0 Å². The minimum Gasteiger partial charge on any atom is -0.480 e. The molecule has 0 aliphatic carbocycles. The maximum atomic E-state index is 11.0. The van der Waals surface area contributed by atoms with Crippen molar-refractivity contribution >= 4 is 29.3 Å². The smallest absolute Gasteiger partial charge is 0.318 e. The molecule has 0 fully saturated rings. The first kappa shape index (κ1) is 12.4. The minimum atomic E-state index is -0.885. The van der Waals surface area contributed by atoms with E-state index in [0.717, 1.165) is 4.90 Å². The van der Waals surface area contributed by atoms with E-state index in [0.29, 0.717) is 0 Å². The second kappa shape index (κ2) is 4.90. The van der Waals surface area contributed by atoms with E-state index in [1.54, 1.807) is 13.8 Å². The number of halogens is 1. The Balaban J connectivity index is 2.82. The summed E-state index contributed by atoms with van der Waals surface area (Å²) in [4.78, 5) is 11.2. The van der Waals surface area contributed by atoms with Gasteiger partial charge in [-0.25, -0.2) is 0 Å². The fourth-order valence-electron chi connectivity index (χ4n) is 1.12. The molecule has 0 radical (unpaired) electrons. The fourth-order valence-corrected chi connectivity index (χ4v) is 2.31. The second-order valence-electron chi connectivity index (χ2n) is 3.71. The average molecular weight is 245 g/mol. The van der Waals surface area contributed by atoms with E-state index in [4.69, 9.17) is 16.7 Å². The molecule has 82 valence electrons. The van der Waals surface area contributed by atoms with Crippen molar-refractivity contribution in [1.82, 2.24) is 0 Å². The zero-order chi connectivity index (χ0) is 11.5. The van der Waals surface area contributed by atoms with Crippen molar-refractivity contribution in [3.63, 3.8) is 0 Å². The molecular weight excluding hydrogens is 232 g/mol.